The first kappa shape index (κ1) is 13.4. The van der Waals surface area contributed by atoms with Gasteiger partial charge in [-0.05, 0) is 24.3 Å². The van der Waals surface area contributed by atoms with Gasteiger partial charge in [0, 0.05) is 0 Å². The van der Waals surface area contributed by atoms with Gasteiger partial charge in [-0.15, -0.1) is 0 Å². The number of alkyl halides is 3. The van der Waals surface area contributed by atoms with Gasteiger partial charge in [0.2, 0.25) is 0 Å². The molecule has 0 unspecified atom stereocenters. The van der Waals surface area contributed by atoms with Crippen molar-refractivity contribution >= 4 is 11.4 Å². The number of nitrogens with one attached hydrogen (secondary N) is 1. The highest BCUT2D eigenvalue weighted by molar-refractivity contribution is 5.61. The molecule has 2 nitrogen and oxygen atoms in total. The molecule has 0 aliphatic heterocycles. The van der Waals surface area contributed by atoms with E-state index in [2.05, 4.69) is 5.43 Å². The normalized spacial score (nSPS) is 11.3. The van der Waals surface area contributed by atoms with Gasteiger partial charge >= 0.3 is 6.18 Å². The van der Waals surface area contributed by atoms with E-state index in [0.717, 1.165) is 0 Å². The minimum atomic E-state index is -4.26. The number of hydrazine groups is 1. The Morgan fingerprint density at radius 1 is 0.789 bits per heavy atom. The number of hydrogen-bond acceptors (Lipinski definition) is 2. The predicted molar refractivity (Wildman–Crippen MR) is 69.1 cm³/mol. The van der Waals surface area contributed by atoms with Crippen molar-refractivity contribution in [2.24, 2.45) is 0 Å². The third-order valence-corrected chi connectivity index (χ3v) is 2.47. The first-order valence-corrected chi connectivity index (χ1v) is 5.77. The highest BCUT2D eigenvalue weighted by Gasteiger charge is 2.28. The highest BCUT2D eigenvalue weighted by atomic mass is 19.4. The molecule has 0 saturated heterocycles. The molecule has 0 bridgehead atoms. The van der Waals surface area contributed by atoms with Gasteiger partial charge in [-0.1, -0.05) is 36.4 Å². The molecule has 2 aromatic rings. The second kappa shape index (κ2) is 5.75. The zero-order valence-corrected chi connectivity index (χ0v) is 10.1. The topological polar surface area (TPSA) is 15.3 Å². The summed E-state index contributed by atoms with van der Waals surface area (Å²) in [5, 5.41) is 1.42. The Labute approximate surface area is 109 Å². The number of rotatable bonds is 4. The average molecular weight is 266 g/mol. The van der Waals surface area contributed by atoms with Crippen LogP contribution in [-0.4, -0.2) is 12.7 Å². The van der Waals surface area contributed by atoms with Gasteiger partial charge in [-0.2, -0.15) is 13.2 Å². The van der Waals surface area contributed by atoms with E-state index in [-0.39, 0.29) is 0 Å². The Hall–Kier alpha value is -2.01. The first-order chi connectivity index (χ1) is 9.06. The molecule has 5 heteroatoms. The third-order valence-electron chi connectivity index (χ3n) is 2.47. The quantitative estimate of drug-likeness (QED) is 0.844. The number of anilines is 2. The van der Waals surface area contributed by atoms with E-state index in [1.165, 1.54) is 5.01 Å². The van der Waals surface area contributed by atoms with Crippen LogP contribution in [-0.2, 0) is 0 Å². The SMILES string of the molecule is FC(F)(F)CNN(c1ccccc1)c1ccccc1. The number of nitrogens with zero attached hydrogens (tertiary/aromatic N) is 1. The fourth-order valence-electron chi connectivity index (χ4n) is 1.65. The lowest BCUT2D eigenvalue weighted by molar-refractivity contribution is -0.124. The summed E-state index contributed by atoms with van der Waals surface area (Å²) in [5.41, 5.74) is 3.70. The summed E-state index contributed by atoms with van der Waals surface area (Å²) in [7, 11) is 0. The summed E-state index contributed by atoms with van der Waals surface area (Å²) in [6.45, 7) is -1.09. The molecule has 2 aromatic carbocycles. The molecule has 0 saturated carbocycles. The number of para-hydroxylation sites is 2. The molecule has 0 aromatic heterocycles. The van der Waals surface area contributed by atoms with Gasteiger partial charge in [0.25, 0.3) is 0 Å². The maximum atomic E-state index is 12.4. The molecular weight excluding hydrogens is 253 g/mol. The van der Waals surface area contributed by atoms with E-state index in [1.807, 2.05) is 12.1 Å². The molecule has 0 atom stereocenters. The molecular formula is C14H13F3N2. The lowest BCUT2D eigenvalue weighted by atomic mass is 10.2. The molecule has 2 rings (SSSR count). The van der Waals surface area contributed by atoms with Gasteiger partial charge < -0.3 is 0 Å². The van der Waals surface area contributed by atoms with E-state index >= 15 is 0 Å². The Morgan fingerprint density at radius 2 is 1.21 bits per heavy atom. The Morgan fingerprint density at radius 3 is 1.58 bits per heavy atom. The molecule has 0 amide bonds. The molecule has 0 aliphatic carbocycles. The summed E-state index contributed by atoms with van der Waals surface area (Å²) in [6, 6.07) is 17.7. The molecule has 0 radical (unpaired) electrons. The van der Waals surface area contributed by atoms with E-state index in [9.17, 15) is 13.2 Å². The number of benzene rings is 2. The van der Waals surface area contributed by atoms with E-state index in [1.54, 1.807) is 48.5 Å². The van der Waals surface area contributed by atoms with Gasteiger partial charge in [-0.25, -0.2) is 5.43 Å². The summed E-state index contributed by atoms with van der Waals surface area (Å²) < 4.78 is 37.1. The molecule has 100 valence electrons. The van der Waals surface area contributed by atoms with Crippen LogP contribution in [0.25, 0.3) is 0 Å². The summed E-state index contributed by atoms with van der Waals surface area (Å²) >= 11 is 0. The minimum absolute atomic E-state index is 0.651. The van der Waals surface area contributed by atoms with Gasteiger partial charge in [0.1, 0.15) is 6.54 Å². The van der Waals surface area contributed by atoms with E-state index in [0.29, 0.717) is 11.4 Å². The third kappa shape index (κ3) is 3.99. The standard InChI is InChI=1S/C14H13F3N2/c15-14(16,17)11-18-19(12-7-3-1-4-8-12)13-9-5-2-6-10-13/h1-10,18H,11H2. The smallest absolute Gasteiger partial charge is 0.277 e. The fourth-order valence-corrected chi connectivity index (χ4v) is 1.65. The van der Waals surface area contributed by atoms with Crippen LogP contribution in [0.1, 0.15) is 0 Å². The predicted octanol–water partition coefficient (Wildman–Crippen LogP) is 3.89. The average Bonchev–Trinajstić information content (AvgIpc) is 2.40. The monoisotopic (exact) mass is 266 g/mol. The lowest BCUT2D eigenvalue weighted by Gasteiger charge is -2.26. The maximum Gasteiger partial charge on any atom is 0.402 e. The van der Waals surface area contributed by atoms with Crippen molar-refractivity contribution < 1.29 is 13.2 Å². The van der Waals surface area contributed by atoms with Gasteiger partial charge in [0.15, 0.2) is 0 Å². The van der Waals surface area contributed by atoms with Crippen molar-refractivity contribution in [1.29, 1.82) is 0 Å². The molecule has 0 aliphatic rings. The number of hydrogen-bond donors (Lipinski definition) is 1. The number of halogens is 3. The zero-order chi connectivity index (χ0) is 13.7. The second-order valence-corrected chi connectivity index (χ2v) is 3.96. The van der Waals surface area contributed by atoms with Crippen LogP contribution >= 0.6 is 0 Å². The largest absolute Gasteiger partial charge is 0.402 e. The van der Waals surface area contributed by atoms with Crippen LogP contribution in [0.3, 0.4) is 0 Å². The van der Waals surface area contributed by atoms with Gasteiger partial charge in [-0.3, -0.25) is 5.01 Å². The Balaban J connectivity index is 2.24. The molecule has 1 N–H and O–H groups in total. The maximum absolute atomic E-state index is 12.4. The summed E-state index contributed by atoms with van der Waals surface area (Å²) in [4.78, 5) is 0. The fraction of sp³-hybridized carbons (Fsp3) is 0.143. The Bertz CT molecular complexity index is 458. The van der Waals surface area contributed by atoms with Crippen molar-refractivity contribution in [3.8, 4) is 0 Å². The van der Waals surface area contributed by atoms with Crippen LogP contribution in [0.2, 0.25) is 0 Å². The van der Waals surface area contributed by atoms with Gasteiger partial charge in [0.05, 0.1) is 11.4 Å². The molecule has 19 heavy (non-hydrogen) atoms. The van der Waals surface area contributed by atoms with E-state index in [4.69, 9.17) is 0 Å². The zero-order valence-electron chi connectivity index (χ0n) is 10.1. The van der Waals surface area contributed by atoms with Crippen molar-refractivity contribution in [2.75, 3.05) is 11.6 Å². The molecule has 0 spiro atoms. The van der Waals surface area contributed by atoms with Crippen molar-refractivity contribution in [1.82, 2.24) is 5.43 Å². The van der Waals surface area contributed by atoms with Crippen LogP contribution in [0.4, 0.5) is 24.5 Å². The highest BCUT2D eigenvalue weighted by Crippen LogP contribution is 2.23. The second-order valence-electron chi connectivity index (χ2n) is 3.96. The van der Waals surface area contributed by atoms with Crippen molar-refractivity contribution in [3.63, 3.8) is 0 Å². The van der Waals surface area contributed by atoms with Crippen LogP contribution in [0.5, 0.6) is 0 Å². The summed E-state index contributed by atoms with van der Waals surface area (Å²) in [5.74, 6) is 0. The van der Waals surface area contributed by atoms with Crippen molar-refractivity contribution in [3.05, 3.63) is 60.7 Å². The Kier molecular flexibility index (Phi) is 4.06. The van der Waals surface area contributed by atoms with Crippen LogP contribution < -0.4 is 10.4 Å². The summed E-state index contributed by atoms with van der Waals surface area (Å²) in [6.07, 6.45) is -4.26. The lowest BCUT2D eigenvalue weighted by Crippen LogP contribution is -2.40. The van der Waals surface area contributed by atoms with Crippen molar-refractivity contribution in [2.45, 2.75) is 6.18 Å². The molecule has 0 fully saturated rings. The van der Waals surface area contributed by atoms with E-state index < -0.39 is 12.7 Å². The first-order valence-electron chi connectivity index (χ1n) is 5.77. The van der Waals surface area contributed by atoms with Crippen LogP contribution in [0.15, 0.2) is 60.7 Å². The minimum Gasteiger partial charge on any atom is -0.277 e. The van der Waals surface area contributed by atoms with Crippen LogP contribution in [0, 0.1) is 0 Å². The molecule has 0 heterocycles.